The van der Waals surface area contributed by atoms with E-state index in [0.717, 1.165) is 6.42 Å². The van der Waals surface area contributed by atoms with Gasteiger partial charge in [-0.25, -0.2) is 0 Å². The number of fused-ring (bicyclic) bond motifs is 3. The van der Waals surface area contributed by atoms with E-state index >= 15 is 0 Å². The molecule has 0 aliphatic heterocycles. The van der Waals surface area contributed by atoms with E-state index in [9.17, 15) is 5.11 Å². The average molecular weight is 288 g/mol. The second-order valence-corrected chi connectivity index (χ2v) is 9.99. The molecule has 2 bridgehead atoms. The maximum absolute atomic E-state index is 11.0. The van der Waals surface area contributed by atoms with Crippen molar-refractivity contribution in [1.29, 1.82) is 0 Å². The smallest absolute Gasteiger partial charge is 0.0599 e. The van der Waals surface area contributed by atoms with Crippen LogP contribution in [0.15, 0.2) is 12.2 Å². The summed E-state index contributed by atoms with van der Waals surface area (Å²) in [5.74, 6) is 1.40. The standard InChI is InChI=1S/C20H32O/c1-17(2)8-7-16(21)19(4)14(17)6-10-20-12-11-18(3,13-20)9-5-15(19)20/h11-12,14-16,21H,5-10,13H2,1-4H3/t14-,15+,16+,18-,19-,20+/m1/s1. The minimum Gasteiger partial charge on any atom is -0.393 e. The highest BCUT2D eigenvalue weighted by atomic mass is 16.3. The minimum absolute atomic E-state index is 0.0870. The molecule has 118 valence electrons. The molecule has 1 nitrogen and oxygen atoms in total. The second-order valence-electron chi connectivity index (χ2n) is 9.99. The highest BCUT2D eigenvalue weighted by molar-refractivity contribution is 5.25. The van der Waals surface area contributed by atoms with Gasteiger partial charge in [-0.1, -0.05) is 39.8 Å². The molecule has 4 aliphatic rings. The van der Waals surface area contributed by atoms with E-state index in [1.807, 2.05) is 0 Å². The first-order valence-corrected chi connectivity index (χ1v) is 9.10. The van der Waals surface area contributed by atoms with Crippen molar-refractivity contribution >= 4 is 0 Å². The Morgan fingerprint density at radius 3 is 2.33 bits per heavy atom. The van der Waals surface area contributed by atoms with Gasteiger partial charge in [0.2, 0.25) is 0 Å². The summed E-state index contributed by atoms with van der Waals surface area (Å²) in [5.41, 5.74) is 1.40. The molecule has 21 heavy (non-hydrogen) atoms. The molecule has 1 heteroatoms. The number of aliphatic hydroxyl groups excluding tert-OH is 1. The summed E-state index contributed by atoms with van der Waals surface area (Å²) in [7, 11) is 0. The fourth-order valence-electron chi connectivity index (χ4n) is 7.34. The van der Waals surface area contributed by atoms with Crippen molar-refractivity contribution in [3.05, 3.63) is 12.2 Å². The molecule has 0 aromatic carbocycles. The van der Waals surface area contributed by atoms with Gasteiger partial charge in [0.15, 0.2) is 0 Å². The molecule has 0 amide bonds. The van der Waals surface area contributed by atoms with Crippen molar-refractivity contribution in [2.75, 3.05) is 0 Å². The van der Waals surface area contributed by atoms with Crippen LogP contribution in [0.3, 0.4) is 0 Å². The Bertz CT molecular complexity index is 492. The third-order valence-electron chi connectivity index (χ3n) is 8.37. The Morgan fingerprint density at radius 2 is 1.57 bits per heavy atom. The molecule has 3 saturated carbocycles. The van der Waals surface area contributed by atoms with Crippen molar-refractivity contribution in [2.45, 2.75) is 78.7 Å². The second kappa shape index (κ2) is 3.96. The van der Waals surface area contributed by atoms with E-state index in [1.165, 1.54) is 38.5 Å². The third kappa shape index (κ3) is 1.68. The van der Waals surface area contributed by atoms with Crippen LogP contribution < -0.4 is 0 Å². The largest absolute Gasteiger partial charge is 0.393 e. The van der Waals surface area contributed by atoms with Crippen molar-refractivity contribution in [1.82, 2.24) is 0 Å². The SMILES string of the molecule is CC1(C)CC[C@H](O)[C@]2(C)[C@@H]1CC[C@@]13C=C[C@@](C)(CC[C@H]12)C3. The number of aliphatic hydroxyl groups is 1. The molecule has 0 heterocycles. The molecule has 0 aromatic rings. The molecule has 3 fully saturated rings. The van der Waals surface area contributed by atoms with Crippen molar-refractivity contribution in [3.8, 4) is 0 Å². The van der Waals surface area contributed by atoms with Crippen LogP contribution in [-0.2, 0) is 0 Å². The van der Waals surface area contributed by atoms with Gasteiger partial charge in [-0.05, 0) is 73.0 Å². The zero-order chi connectivity index (χ0) is 15.1. The predicted molar refractivity (Wildman–Crippen MR) is 86.9 cm³/mol. The Labute approximate surface area is 130 Å². The number of hydrogen-bond acceptors (Lipinski definition) is 1. The maximum atomic E-state index is 11.0. The molecular formula is C20H32O. The zero-order valence-corrected chi connectivity index (χ0v) is 14.3. The van der Waals surface area contributed by atoms with Crippen LogP contribution in [0.2, 0.25) is 0 Å². The van der Waals surface area contributed by atoms with Crippen LogP contribution in [0.1, 0.15) is 72.6 Å². The van der Waals surface area contributed by atoms with Gasteiger partial charge in [-0.2, -0.15) is 0 Å². The topological polar surface area (TPSA) is 20.2 Å². The van der Waals surface area contributed by atoms with Crippen LogP contribution in [0.5, 0.6) is 0 Å². The summed E-state index contributed by atoms with van der Waals surface area (Å²) in [4.78, 5) is 0. The average Bonchev–Trinajstić information content (AvgIpc) is 2.65. The summed E-state index contributed by atoms with van der Waals surface area (Å²) in [5, 5.41) is 11.0. The highest BCUT2D eigenvalue weighted by Gasteiger charge is 2.65. The van der Waals surface area contributed by atoms with E-state index in [-0.39, 0.29) is 11.5 Å². The highest BCUT2D eigenvalue weighted by Crippen LogP contribution is 2.71. The number of rotatable bonds is 0. The van der Waals surface area contributed by atoms with Crippen LogP contribution in [0, 0.1) is 33.5 Å². The van der Waals surface area contributed by atoms with E-state index < -0.39 is 0 Å². The summed E-state index contributed by atoms with van der Waals surface area (Å²) in [6.45, 7) is 9.81. The van der Waals surface area contributed by atoms with E-state index in [1.54, 1.807) is 0 Å². The molecule has 4 rings (SSSR count). The van der Waals surface area contributed by atoms with Crippen LogP contribution >= 0.6 is 0 Å². The van der Waals surface area contributed by atoms with Crippen molar-refractivity contribution in [2.24, 2.45) is 33.5 Å². The lowest BCUT2D eigenvalue weighted by Crippen LogP contribution is -2.61. The molecule has 1 spiro atoms. The van der Waals surface area contributed by atoms with Gasteiger partial charge in [-0.3, -0.25) is 0 Å². The molecule has 0 radical (unpaired) electrons. The fourth-order valence-corrected chi connectivity index (χ4v) is 7.34. The zero-order valence-electron chi connectivity index (χ0n) is 14.3. The molecule has 0 unspecified atom stereocenters. The Kier molecular flexibility index (Phi) is 2.70. The maximum Gasteiger partial charge on any atom is 0.0599 e. The van der Waals surface area contributed by atoms with Crippen molar-refractivity contribution in [3.63, 3.8) is 0 Å². The molecule has 1 N–H and O–H groups in total. The summed E-state index contributed by atoms with van der Waals surface area (Å²) < 4.78 is 0. The van der Waals surface area contributed by atoms with Gasteiger partial charge in [0, 0.05) is 5.41 Å². The number of hydrogen-bond donors (Lipinski definition) is 1. The van der Waals surface area contributed by atoms with E-state index in [4.69, 9.17) is 0 Å². The lowest BCUT2D eigenvalue weighted by Gasteiger charge is -2.65. The third-order valence-corrected chi connectivity index (χ3v) is 8.37. The molecule has 0 aromatic heterocycles. The monoisotopic (exact) mass is 288 g/mol. The Hall–Kier alpha value is -0.300. The van der Waals surface area contributed by atoms with E-state index in [0.29, 0.717) is 28.1 Å². The Balaban J connectivity index is 1.79. The summed E-state index contributed by atoms with van der Waals surface area (Å²) in [6, 6.07) is 0. The first-order valence-electron chi connectivity index (χ1n) is 9.10. The normalized spacial score (nSPS) is 57.7. The van der Waals surface area contributed by atoms with Crippen LogP contribution in [-0.4, -0.2) is 11.2 Å². The van der Waals surface area contributed by atoms with Gasteiger partial charge >= 0.3 is 0 Å². The quantitative estimate of drug-likeness (QED) is 0.626. The number of allylic oxidation sites excluding steroid dienone is 2. The molecule has 0 saturated heterocycles. The predicted octanol–water partition coefficient (Wildman–Crippen LogP) is 4.95. The minimum atomic E-state index is -0.0870. The van der Waals surface area contributed by atoms with Gasteiger partial charge in [0.05, 0.1) is 6.10 Å². The molecular weight excluding hydrogens is 256 g/mol. The molecule has 4 aliphatic carbocycles. The van der Waals surface area contributed by atoms with Crippen molar-refractivity contribution < 1.29 is 5.11 Å². The summed E-state index contributed by atoms with van der Waals surface area (Å²) >= 11 is 0. The molecule has 6 atom stereocenters. The summed E-state index contributed by atoms with van der Waals surface area (Å²) in [6.07, 6.45) is 13.9. The van der Waals surface area contributed by atoms with Crippen LogP contribution in [0.25, 0.3) is 0 Å². The lowest BCUT2D eigenvalue weighted by molar-refractivity contribution is -0.195. The van der Waals surface area contributed by atoms with Crippen LogP contribution in [0.4, 0.5) is 0 Å². The first-order chi connectivity index (χ1) is 9.72. The van der Waals surface area contributed by atoms with Gasteiger partial charge in [-0.15, -0.1) is 0 Å². The fraction of sp³-hybridized carbons (Fsp3) is 0.900. The van der Waals surface area contributed by atoms with E-state index in [2.05, 4.69) is 39.8 Å². The van der Waals surface area contributed by atoms with Gasteiger partial charge < -0.3 is 5.11 Å². The lowest BCUT2D eigenvalue weighted by atomic mass is 9.40. The Morgan fingerprint density at radius 1 is 0.857 bits per heavy atom. The first kappa shape index (κ1) is 14.3. The van der Waals surface area contributed by atoms with Gasteiger partial charge in [0.1, 0.15) is 0 Å². The van der Waals surface area contributed by atoms with Gasteiger partial charge in [0.25, 0.3) is 0 Å².